The minimum atomic E-state index is 1.24. The molecule has 1 aromatic carbocycles. The molecule has 0 atom stereocenters. The van der Waals surface area contributed by atoms with Gasteiger partial charge in [0.05, 0.1) is 0 Å². The van der Waals surface area contributed by atoms with Gasteiger partial charge in [0, 0.05) is 0 Å². The fourth-order valence-corrected chi connectivity index (χ4v) is 2.11. The van der Waals surface area contributed by atoms with Gasteiger partial charge in [0.1, 0.15) is 0 Å². The molecule has 2 rings (SSSR count). The highest BCUT2D eigenvalue weighted by molar-refractivity contribution is 5.68. The number of aryl methyl sites for hydroxylation is 1. The molecule has 1 aliphatic carbocycles. The first kappa shape index (κ1) is 8.55. The van der Waals surface area contributed by atoms with E-state index in [1.807, 2.05) is 0 Å². The van der Waals surface area contributed by atoms with Crippen molar-refractivity contribution in [2.75, 3.05) is 0 Å². The molecule has 0 saturated heterocycles. The summed E-state index contributed by atoms with van der Waals surface area (Å²) in [5, 5.41) is 0. The van der Waals surface area contributed by atoms with E-state index < -0.39 is 0 Å². The SMILES string of the molecule is CC1=CCCCc2c(C)cccc21. The third-order valence-corrected chi connectivity index (χ3v) is 2.92. The van der Waals surface area contributed by atoms with Crippen molar-refractivity contribution < 1.29 is 0 Å². The molecule has 0 saturated carbocycles. The summed E-state index contributed by atoms with van der Waals surface area (Å²) < 4.78 is 0. The summed E-state index contributed by atoms with van der Waals surface area (Å²) in [5.74, 6) is 0. The minimum Gasteiger partial charge on any atom is -0.0810 e. The summed E-state index contributed by atoms with van der Waals surface area (Å²) in [6.45, 7) is 4.45. The zero-order valence-electron chi connectivity index (χ0n) is 8.43. The Morgan fingerprint density at radius 3 is 2.85 bits per heavy atom. The number of benzene rings is 1. The lowest BCUT2D eigenvalue weighted by Crippen LogP contribution is -1.93. The van der Waals surface area contributed by atoms with Crippen molar-refractivity contribution in [3.63, 3.8) is 0 Å². The predicted molar refractivity (Wildman–Crippen MR) is 57.8 cm³/mol. The van der Waals surface area contributed by atoms with Crippen LogP contribution in [0.5, 0.6) is 0 Å². The molecular weight excluding hydrogens is 156 g/mol. The van der Waals surface area contributed by atoms with Crippen molar-refractivity contribution in [3.8, 4) is 0 Å². The number of hydrogen-bond donors (Lipinski definition) is 0. The standard InChI is InChI=1S/C13H16/c1-10-6-3-4-8-12-11(2)7-5-9-13(10)12/h5-7,9H,3-4,8H2,1-2H3. The van der Waals surface area contributed by atoms with Gasteiger partial charge < -0.3 is 0 Å². The van der Waals surface area contributed by atoms with E-state index in [1.54, 1.807) is 5.56 Å². The second kappa shape index (κ2) is 3.37. The van der Waals surface area contributed by atoms with Crippen molar-refractivity contribution in [2.45, 2.75) is 33.1 Å². The third kappa shape index (κ3) is 1.53. The molecule has 0 spiro atoms. The van der Waals surface area contributed by atoms with E-state index in [0.29, 0.717) is 0 Å². The first-order chi connectivity index (χ1) is 6.29. The Balaban J connectivity index is 2.58. The highest BCUT2D eigenvalue weighted by Crippen LogP contribution is 2.27. The maximum Gasteiger partial charge on any atom is -0.0196 e. The Hall–Kier alpha value is -1.04. The second-order valence-corrected chi connectivity index (χ2v) is 3.88. The van der Waals surface area contributed by atoms with Crippen LogP contribution >= 0.6 is 0 Å². The summed E-state index contributed by atoms with van der Waals surface area (Å²) in [6.07, 6.45) is 6.15. The molecular formula is C13H16. The van der Waals surface area contributed by atoms with Gasteiger partial charge in [-0.2, -0.15) is 0 Å². The molecule has 0 radical (unpaired) electrons. The van der Waals surface area contributed by atoms with Crippen molar-refractivity contribution in [1.82, 2.24) is 0 Å². The van der Waals surface area contributed by atoms with E-state index in [-0.39, 0.29) is 0 Å². The lowest BCUT2D eigenvalue weighted by Gasteiger charge is -2.09. The van der Waals surface area contributed by atoms with Crippen LogP contribution < -0.4 is 0 Å². The lowest BCUT2D eigenvalue weighted by molar-refractivity contribution is 0.846. The molecule has 0 aromatic heterocycles. The van der Waals surface area contributed by atoms with Crippen molar-refractivity contribution in [1.29, 1.82) is 0 Å². The van der Waals surface area contributed by atoms with Gasteiger partial charge in [-0.15, -0.1) is 0 Å². The van der Waals surface area contributed by atoms with Crippen LogP contribution in [0.25, 0.3) is 5.57 Å². The molecule has 0 heterocycles. The molecule has 0 amide bonds. The van der Waals surface area contributed by atoms with Crippen LogP contribution in [-0.4, -0.2) is 0 Å². The normalized spacial score (nSPS) is 16.0. The largest absolute Gasteiger partial charge is 0.0810 e. The highest BCUT2D eigenvalue weighted by Gasteiger charge is 2.09. The molecule has 1 aliphatic rings. The van der Waals surface area contributed by atoms with E-state index in [0.717, 1.165) is 0 Å². The van der Waals surface area contributed by atoms with E-state index in [1.165, 1.54) is 36.0 Å². The van der Waals surface area contributed by atoms with E-state index >= 15 is 0 Å². The highest BCUT2D eigenvalue weighted by atomic mass is 14.1. The van der Waals surface area contributed by atoms with Gasteiger partial charge in [-0.3, -0.25) is 0 Å². The molecule has 0 fully saturated rings. The van der Waals surface area contributed by atoms with E-state index in [4.69, 9.17) is 0 Å². The van der Waals surface area contributed by atoms with Crippen LogP contribution in [0.1, 0.15) is 36.5 Å². The van der Waals surface area contributed by atoms with Crippen LogP contribution in [0.2, 0.25) is 0 Å². The average molecular weight is 172 g/mol. The van der Waals surface area contributed by atoms with Crippen molar-refractivity contribution >= 4 is 5.57 Å². The van der Waals surface area contributed by atoms with Gasteiger partial charge in [-0.25, -0.2) is 0 Å². The Bertz CT molecular complexity index is 345. The summed E-state index contributed by atoms with van der Waals surface area (Å²) in [5.41, 5.74) is 5.94. The number of hydrogen-bond acceptors (Lipinski definition) is 0. The number of fused-ring (bicyclic) bond motifs is 1. The Labute approximate surface area is 80.3 Å². The third-order valence-electron chi connectivity index (χ3n) is 2.92. The lowest BCUT2D eigenvalue weighted by atomic mass is 9.96. The van der Waals surface area contributed by atoms with E-state index in [2.05, 4.69) is 38.1 Å². The summed E-state index contributed by atoms with van der Waals surface area (Å²) in [7, 11) is 0. The Morgan fingerprint density at radius 2 is 2.00 bits per heavy atom. The molecule has 0 N–H and O–H groups in total. The maximum absolute atomic E-state index is 2.37. The fraction of sp³-hybridized carbons (Fsp3) is 0.385. The van der Waals surface area contributed by atoms with Crippen LogP contribution in [-0.2, 0) is 6.42 Å². The Morgan fingerprint density at radius 1 is 1.15 bits per heavy atom. The zero-order chi connectivity index (χ0) is 9.26. The van der Waals surface area contributed by atoms with Gasteiger partial charge in [-0.1, -0.05) is 24.3 Å². The van der Waals surface area contributed by atoms with Gasteiger partial charge >= 0.3 is 0 Å². The van der Waals surface area contributed by atoms with Crippen LogP contribution in [0, 0.1) is 6.92 Å². The van der Waals surface area contributed by atoms with Gasteiger partial charge in [-0.05, 0) is 55.4 Å². The number of rotatable bonds is 0. The first-order valence-electron chi connectivity index (χ1n) is 5.04. The van der Waals surface area contributed by atoms with Crippen LogP contribution in [0.4, 0.5) is 0 Å². The van der Waals surface area contributed by atoms with E-state index in [9.17, 15) is 0 Å². The smallest absolute Gasteiger partial charge is 0.0196 e. The van der Waals surface area contributed by atoms with Crippen LogP contribution in [0.15, 0.2) is 24.3 Å². The van der Waals surface area contributed by atoms with Crippen molar-refractivity contribution in [2.24, 2.45) is 0 Å². The molecule has 0 bridgehead atoms. The Kier molecular flexibility index (Phi) is 2.22. The molecule has 0 nitrogen and oxygen atoms in total. The average Bonchev–Trinajstić information content (AvgIpc) is 2.30. The number of allylic oxidation sites excluding steroid dienone is 2. The molecule has 13 heavy (non-hydrogen) atoms. The minimum absolute atomic E-state index is 1.24. The summed E-state index contributed by atoms with van der Waals surface area (Å²) in [4.78, 5) is 0. The maximum atomic E-state index is 2.37. The molecule has 68 valence electrons. The van der Waals surface area contributed by atoms with Gasteiger partial charge in [0.2, 0.25) is 0 Å². The molecule has 0 unspecified atom stereocenters. The topological polar surface area (TPSA) is 0 Å². The second-order valence-electron chi connectivity index (χ2n) is 3.88. The quantitative estimate of drug-likeness (QED) is 0.559. The monoisotopic (exact) mass is 172 g/mol. The zero-order valence-corrected chi connectivity index (χ0v) is 8.43. The fourth-order valence-electron chi connectivity index (χ4n) is 2.11. The van der Waals surface area contributed by atoms with Crippen LogP contribution in [0.3, 0.4) is 0 Å². The molecule has 0 aliphatic heterocycles. The predicted octanol–water partition coefficient (Wildman–Crippen LogP) is 3.73. The molecule has 1 aromatic rings. The van der Waals surface area contributed by atoms with Gasteiger partial charge in [0.25, 0.3) is 0 Å². The first-order valence-corrected chi connectivity index (χ1v) is 5.04. The molecule has 0 heteroatoms. The summed E-state index contributed by atoms with van der Waals surface area (Å²) >= 11 is 0. The summed E-state index contributed by atoms with van der Waals surface area (Å²) in [6, 6.07) is 6.63. The van der Waals surface area contributed by atoms with Gasteiger partial charge in [0.15, 0.2) is 0 Å². The van der Waals surface area contributed by atoms with Crippen molar-refractivity contribution in [3.05, 3.63) is 41.0 Å².